The first-order valence-corrected chi connectivity index (χ1v) is 5.82. The molecule has 0 saturated carbocycles. The van der Waals surface area contributed by atoms with E-state index in [1.807, 2.05) is 19.9 Å². The van der Waals surface area contributed by atoms with Crippen molar-refractivity contribution in [1.82, 2.24) is 0 Å². The number of amides is 1. The second-order valence-corrected chi connectivity index (χ2v) is 4.03. The molecule has 0 spiro atoms. The molecule has 0 fully saturated rings. The van der Waals surface area contributed by atoms with Crippen molar-refractivity contribution in [2.24, 2.45) is 5.73 Å². The number of benzene rings is 1. The minimum Gasteiger partial charge on any atom is -0.493 e. The van der Waals surface area contributed by atoms with Crippen LogP contribution in [0.4, 0.5) is 5.69 Å². The van der Waals surface area contributed by atoms with Gasteiger partial charge in [-0.05, 0) is 25.0 Å². The van der Waals surface area contributed by atoms with E-state index in [4.69, 9.17) is 15.2 Å². The SMILES string of the molecule is CCC(N)C(=O)Nc1cc(OC)c(OC)cc1C. The molecule has 1 atom stereocenters. The van der Waals surface area contributed by atoms with Crippen LogP contribution in [0, 0.1) is 6.92 Å². The van der Waals surface area contributed by atoms with Crippen molar-refractivity contribution < 1.29 is 14.3 Å². The highest BCUT2D eigenvalue weighted by molar-refractivity contribution is 5.95. The van der Waals surface area contributed by atoms with Crippen molar-refractivity contribution in [1.29, 1.82) is 0 Å². The predicted molar refractivity (Wildman–Crippen MR) is 71.2 cm³/mol. The van der Waals surface area contributed by atoms with Gasteiger partial charge in [0.15, 0.2) is 11.5 Å². The zero-order valence-electron chi connectivity index (χ0n) is 11.2. The highest BCUT2D eigenvalue weighted by atomic mass is 16.5. The number of carbonyl (C=O) groups excluding carboxylic acids is 1. The van der Waals surface area contributed by atoms with Crippen molar-refractivity contribution in [3.8, 4) is 11.5 Å². The molecule has 0 aliphatic rings. The van der Waals surface area contributed by atoms with Crippen LogP contribution in [0.2, 0.25) is 0 Å². The van der Waals surface area contributed by atoms with Crippen LogP contribution in [0.15, 0.2) is 12.1 Å². The van der Waals surface area contributed by atoms with Crippen molar-refractivity contribution in [2.45, 2.75) is 26.3 Å². The molecule has 5 heteroatoms. The average Bonchev–Trinajstić information content (AvgIpc) is 2.39. The van der Waals surface area contributed by atoms with Crippen molar-refractivity contribution in [3.63, 3.8) is 0 Å². The minimum absolute atomic E-state index is 0.201. The number of rotatable bonds is 5. The van der Waals surface area contributed by atoms with E-state index < -0.39 is 6.04 Å². The van der Waals surface area contributed by atoms with E-state index in [1.54, 1.807) is 20.3 Å². The summed E-state index contributed by atoms with van der Waals surface area (Å²) in [4.78, 5) is 11.7. The summed E-state index contributed by atoms with van der Waals surface area (Å²) in [7, 11) is 3.12. The molecule has 18 heavy (non-hydrogen) atoms. The molecular weight excluding hydrogens is 232 g/mol. The maximum absolute atomic E-state index is 11.7. The van der Waals surface area contributed by atoms with Crippen molar-refractivity contribution in [2.75, 3.05) is 19.5 Å². The molecule has 0 saturated heterocycles. The van der Waals surface area contributed by atoms with E-state index in [0.717, 1.165) is 5.56 Å². The Morgan fingerprint density at radius 3 is 2.39 bits per heavy atom. The van der Waals surface area contributed by atoms with Gasteiger partial charge in [0, 0.05) is 11.8 Å². The molecule has 100 valence electrons. The summed E-state index contributed by atoms with van der Waals surface area (Å²) in [5.74, 6) is 1.00. The monoisotopic (exact) mass is 252 g/mol. The van der Waals surface area contributed by atoms with E-state index in [9.17, 15) is 4.79 Å². The number of anilines is 1. The third kappa shape index (κ3) is 3.13. The Bertz CT molecular complexity index is 432. The smallest absolute Gasteiger partial charge is 0.241 e. The Balaban J connectivity index is 2.99. The van der Waals surface area contributed by atoms with Gasteiger partial charge in [-0.2, -0.15) is 0 Å². The standard InChI is InChI=1S/C13H20N2O3/c1-5-9(14)13(16)15-10-7-12(18-4)11(17-3)6-8(10)2/h6-7,9H,5,14H2,1-4H3,(H,15,16). The first-order valence-electron chi connectivity index (χ1n) is 5.82. The quantitative estimate of drug-likeness (QED) is 0.836. The molecule has 1 aromatic rings. The lowest BCUT2D eigenvalue weighted by Gasteiger charge is -2.15. The van der Waals surface area contributed by atoms with Gasteiger partial charge in [-0.25, -0.2) is 0 Å². The van der Waals surface area contributed by atoms with E-state index in [1.165, 1.54) is 0 Å². The first-order chi connectivity index (χ1) is 8.53. The second-order valence-electron chi connectivity index (χ2n) is 4.03. The summed E-state index contributed by atoms with van der Waals surface area (Å²) in [5, 5.41) is 2.79. The molecule has 1 unspecified atom stereocenters. The largest absolute Gasteiger partial charge is 0.493 e. The van der Waals surface area contributed by atoms with Crippen LogP contribution in [0.25, 0.3) is 0 Å². The fraction of sp³-hybridized carbons (Fsp3) is 0.462. The molecular formula is C13H20N2O3. The molecule has 1 rings (SSSR count). The van der Waals surface area contributed by atoms with Crippen LogP contribution in [0.1, 0.15) is 18.9 Å². The molecule has 0 aliphatic carbocycles. The number of methoxy groups -OCH3 is 2. The van der Waals surface area contributed by atoms with Gasteiger partial charge in [0.2, 0.25) is 5.91 Å². The van der Waals surface area contributed by atoms with Gasteiger partial charge in [-0.15, -0.1) is 0 Å². The highest BCUT2D eigenvalue weighted by Gasteiger charge is 2.14. The van der Waals surface area contributed by atoms with Crippen LogP contribution in [-0.4, -0.2) is 26.2 Å². The zero-order chi connectivity index (χ0) is 13.7. The number of aryl methyl sites for hydroxylation is 1. The lowest BCUT2D eigenvalue weighted by molar-refractivity contribution is -0.117. The van der Waals surface area contributed by atoms with Gasteiger partial charge in [-0.3, -0.25) is 4.79 Å². The van der Waals surface area contributed by atoms with E-state index in [2.05, 4.69) is 5.32 Å². The Morgan fingerprint density at radius 2 is 1.89 bits per heavy atom. The van der Waals surface area contributed by atoms with Gasteiger partial charge >= 0.3 is 0 Å². The summed E-state index contributed by atoms with van der Waals surface area (Å²) >= 11 is 0. The third-order valence-electron chi connectivity index (χ3n) is 2.77. The number of nitrogens with one attached hydrogen (secondary N) is 1. The molecule has 0 aliphatic heterocycles. The van der Waals surface area contributed by atoms with Crippen LogP contribution in [0.3, 0.4) is 0 Å². The Labute approximate surface area is 107 Å². The average molecular weight is 252 g/mol. The molecule has 1 amide bonds. The van der Waals surface area contributed by atoms with Crippen molar-refractivity contribution >= 4 is 11.6 Å². The lowest BCUT2D eigenvalue weighted by Crippen LogP contribution is -2.35. The molecule has 1 aromatic carbocycles. The maximum Gasteiger partial charge on any atom is 0.241 e. The van der Waals surface area contributed by atoms with Gasteiger partial charge in [0.25, 0.3) is 0 Å². The molecule has 5 nitrogen and oxygen atoms in total. The number of hydrogen-bond donors (Lipinski definition) is 2. The van der Waals surface area contributed by atoms with Crippen LogP contribution in [-0.2, 0) is 4.79 Å². The number of carbonyl (C=O) groups is 1. The normalized spacial score (nSPS) is 11.8. The Kier molecular flexibility index (Phi) is 4.97. The Hall–Kier alpha value is -1.75. The summed E-state index contributed by atoms with van der Waals surface area (Å²) in [6.45, 7) is 3.75. The highest BCUT2D eigenvalue weighted by Crippen LogP contribution is 2.32. The van der Waals surface area contributed by atoms with Crippen LogP contribution >= 0.6 is 0 Å². The summed E-state index contributed by atoms with van der Waals surface area (Å²) in [6, 6.07) is 3.04. The summed E-state index contributed by atoms with van der Waals surface area (Å²) < 4.78 is 10.4. The number of ether oxygens (including phenoxy) is 2. The third-order valence-corrected chi connectivity index (χ3v) is 2.77. The second kappa shape index (κ2) is 6.26. The summed E-state index contributed by atoms with van der Waals surface area (Å²) in [6.07, 6.45) is 0.595. The molecule has 0 radical (unpaired) electrons. The van der Waals surface area contributed by atoms with Crippen LogP contribution in [0.5, 0.6) is 11.5 Å². The van der Waals surface area contributed by atoms with E-state index in [-0.39, 0.29) is 5.91 Å². The van der Waals surface area contributed by atoms with Gasteiger partial charge in [-0.1, -0.05) is 6.92 Å². The fourth-order valence-corrected chi connectivity index (χ4v) is 1.53. The summed E-state index contributed by atoms with van der Waals surface area (Å²) in [5.41, 5.74) is 7.25. The topological polar surface area (TPSA) is 73.6 Å². The minimum atomic E-state index is -0.502. The molecule has 3 N–H and O–H groups in total. The van der Waals surface area contributed by atoms with Gasteiger partial charge < -0.3 is 20.5 Å². The molecule has 0 bridgehead atoms. The van der Waals surface area contributed by atoms with Gasteiger partial charge in [0.1, 0.15) is 0 Å². The molecule has 0 heterocycles. The van der Waals surface area contributed by atoms with Gasteiger partial charge in [0.05, 0.1) is 20.3 Å². The first kappa shape index (κ1) is 14.3. The van der Waals surface area contributed by atoms with E-state index in [0.29, 0.717) is 23.6 Å². The number of nitrogens with two attached hydrogens (primary N) is 1. The van der Waals surface area contributed by atoms with Crippen molar-refractivity contribution in [3.05, 3.63) is 17.7 Å². The van der Waals surface area contributed by atoms with Crippen LogP contribution < -0.4 is 20.5 Å². The Morgan fingerprint density at radius 1 is 1.33 bits per heavy atom. The maximum atomic E-state index is 11.7. The van der Waals surface area contributed by atoms with E-state index >= 15 is 0 Å². The molecule has 0 aromatic heterocycles. The zero-order valence-corrected chi connectivity index (χ0v) is 11.2. The lowest BCUT2D eigenvalue weighted by atomic mass is 10.1. The predicted octanol–water partition coefficient (Wildman–Crippen LogP) is 1.69. The number of hydrogen-bond acceptors (Lipinski definition) is 4. The fourth-order valence-electron chi connectivity index (χ4n) is 1.53.